The number of hydrogen-bond donors (Lipinski definition) is 0. The van der Waals surface area contributed by atoms with Crippen molar-refractivity contribution in [3.8, 4) is 16.9 Å². The lowest BCUT2D eigenvalue weighted by molar-refractivity contribution is 0.682. The highest BCUT2D eigenvalue weighted by atomic mass is 35.5. The Bertz CT molecular complexity index is 939. The zero-order valence-corrected chi connectivity index (χ0v) is 16.6. The van der Waals surface area contributed by atoms with Crippen molar-refractivity contribution in [1.82, 2.24) is 9.78 Å². The van der Waals surface area contributed by atoms with Gasteiger partial charge in [-0.3, -0.25) is 0 Å². The lowest BCUT2D eigenvalue weighted by atomic mass is 9.97. The van der Waals surface area contributed by atoms with Gasteiger partial charge >= 0.3 is 0 Å². The molecule has 4 rings (SSSR count). The molecular weight excluding hydrogens is 387 g/mol. The molecule has 0 spiro atoms. The Morgan fingerprint density at radius 2 is 1.73 bits per heavy atom. The van der Waals surface area contributed by atoms with Gasteiger partial charge in [0, 0.05) is 21.5 Å². The Labute approximate surface area is 168 Å². The SMILES string of the molecule is Cc1c(C2C[CH]CC2)nn(-c2ccc(Cl)cc2Cl)c1-c1ccc(Cl)cc1. The van der Waals surface area contributed by atoms with Gasteiger partial charge in [0.05, 0.1) is 22.1 Å². The quantitative estimate of drug-likeness (QED) is 0.448. The smallest absolute Gasteiger partial charge is 0.0840 e. The zero-order valence-electron chi connectivity index (χ0n) is 14.3. The number of halogens is 3. The first-order valence-corrected chi connectivity index (χ1v) is 9.80. The van der Waals surface area contributed by atoms with Crippen LogP contribution in [0.1, 0.15) is 36.4 Å². The maximum atomic E-state index is 6.50. The molecule has 3 aromatic rings. The molecule has 0 saturated heterocycles. The maximum absolute atomic E-state index is 6.50. The molecule has 26 heavy (non-hydrogen) atoms. The van der Waals surface area contributed by atoms with Crippen molar-refractivity contribution in [2.75, 3.05) is 0 Å². The topological polar surface area (TPSA) is 17.8 Å². The molecule has 2 aromatic carbocycles. The van der Waals surface area contributed by atoms with E-state index in [4.69, 9.17) is 39.9 Å². The van der Waals surface area contributed by atoms with Gasteiger partial charge in [-0.05, 0) is 68.5 Å². The molecule has 1 unspecified atom stereocenters. The second-order valence-corrected chi connectivity index (χ2v) is 7.95. The van der Waals surface area contributed by atoms with E-state index in [1.54, 1.807) is 6.07 Å². The van der Waals surface area contributed by atoms with Crippen LogP contribution < -0.4 is 0 Å². The molecule has 2 nitrogen and oxygen atoms in total. The van der Waals surface area contributed by atoms with Crippen molar-refractivity contribution in [3.05, 3.63) is 75.2 Å². The van der Waals surface area contributed by atoms with Crippen LogP contribution in [-0.4, -0.2) is 9.78 Å². The van der Waals surface area contributed by atoms with E-state index >= 15 is 0 Å². The third kappa shape index (κ3) is 3.26. The molecule has 1 atom stereocenters. The Hall–Kier alpha value is -1.48. The van der Waals surface area contributed by atoms with Crippen LogP contribution in [0.15, 0.2) is 42.5 Å². The van der Waals surface area contributed by atoms with Crippen LogP contribution in [0.5, 0.6) is 0 Å². The molecular formula is C21H18Cl3N2. The summed E-state index contributed by atoms with van der Waals surface area (Å²) in [4.78, 5) is 0. The van der Waals surface area contributed by atoms with Gasteiger partial charge in [0.15, 0.2) is 0 Å². The molecule has 1 radical (unpaired) electrons. The van der Waals surface area contributed by atoms with Crippen molar-refractivity contribution >= 4 is 34.8 Å². The van der Waals surface area contributed by atoms with E-state index in [1.165, 1.54) is 5.56 Å². The largest absolute Gasteiger partial charge is 0.231 e. The minimum atomic E-state index is 0.466. The summed E-state index contributed by atoms with van der Waals surface area (Å²) in [7, 11) is 0. The van der Waals surface area contributed by atoms with Gasteiger partial charge in [-0.15, -0.1) is 0 Å². The number of nitrogens with zero attached hydrogens (tertiary/aromatic N) is 2. The molecule has 1 aromatic heterocycles. The van der Waals surface area contributed by atoms with Gasteiger partial charge in [0.2, 0.25) is 0 Å². The molecule has 1 saturated carbocycles. The first-order chi connectivity index (χ1) is 12.5. The van der Waals surface area contributed by atoms with Gasteiger partial charge in [-0.2, -0.15) is 5.10 Å². The first-order valence-electron chi connectivity index (χ1n) is 8.67. The first kappa shape index (κ1) is 17.9. The average molecular weight is 405 g/mol. The number of benzene rings is 2. The molecule has 0 bridgehead atoms. The van der Waals surface area contributed by atoms with Crippen molar-refractivity contribution in [2.24, 2.45) is 0 Å². The molecule has 1 fully saturated rings. The Morgan fingerprint density at radius 3 is 2.38 bits per heavy atom. The lowest BCUT2D eigenvalue weighted by Gasteiger charge is -2.11. The van der Waals surface area contributed by atoms with Gasteiger partial charge in [0.1, 0.15) is 0 Å². The Balaban J connectivity index is 1.93. The van der Waals surface area contributed by atoms with E-state index in [-0.39, 0.29) is 0 Å². The van der Waals surface area contributed by atoms with Crippen LogP contribution in [0.4, 0.5) is 0 Å². The predicted octanol–water partition coefficient (Wildman–Crippen LogP) is 7.28. The monoisotopic (exact) mass is 403 g/mol. The molecule has 0 aliphatic heterocycles. The third-order valence-corrected chi connectivity index (χ3v) is 5.76. The minimum absolute atomic E-state index is 0.466. The molecule has 133 valence electrons. The van der Waals surface area contributed by atoms with Gasteiger partial charge < -0.3 is 0 Å². The second kappa shape index (κ2) is 7.26. The van der Waals surface area contributed by atoms with Crippen LogP contribution in [-0.2, 0) is 0 Å². The fourth-order valence-electron chi connectivity index (χ4n) is 3.68. The highest BCUT2D eigenvalue weighted by molar-refractivity contribution is 6.35. The molecule has 0 N–H and O–H groups in total. The fraction of sp³-hybridized carbons (Fsp3) is 0.238. The highest BCUT2D eigenvalue weighted by Crippen LogP contribution is 2.40. The summed E-state index contributed by atoms with van der Waals surface area (Å²) in [5.74, 6) is 0.466. The summed E-state index contributed by atoms with van der Waals surface area (Å²) < 4.78 is 1.95. The summed E-state index contributed by atoms with van der Waals surface area (Å²) >= 11 is 18.7. The molecule has 1 aliphatic rings. The van der Waals surface area contributed by atoms with E-state index in [0.717, 1.165) is 41.9 Å². The van der Waals surface area contributed by atoms with E-state index in [0.29, 0.717) is 21.0 Å². The molecule has 0 amide bonds. The van der Waals surface area contributed by atoms with Crippen LogP contribution in [0.2, 0.25) is 15.1 Å². The van der Waals surface area contributed by atoms with E-state index in [1.807, 2.05) is 41.1 Å². The third-order valence-electron chi connectivity index (χ3n) is 4.97. The van der Waals surface area contributed by atoms with Crippen LogP contribution in [0, 0.1) is 13.3 Å². The van der Waals surface area contributed by atoms with Gasteiger partial charge in [-0.25, -0.2) is 4.68 Å². The summed E-state index contributed by atoms with van der Waals surface area (Å²) in [5, 5.41) is 6.90. The van der Waals surface area contributed by atoms with E-state index < -0.39 is 0 Å². The van der Waals surface area contributed by atoms with Gasteiger partial charge in [-0.1, -0.05) is 46.9 Å². The number of hydrogen-bond acceptors (Lipinski definition) is 1. The maximum Gasteiger partial charge on any atom is 0.0840 e. The lowest BCUT2D eigenvalue weighted by Crippen LogP contribution is -2.02. The second-order valence-electron chi connectivity index (χ2n) is 6.67. The summed E-state index contributed by atoms with van der Waals surface area (Å²) in [6, 6.07) is 13.4. The molecule has 5 heteroatoms. The Kier molecular flexibility index (Phi) is 5.00. The van der Waals surface area contributed by atoms with Crippen LogP contribution in [0.25, 0.3) is 16.9 Å². The minimum Gasteiger partial charge on any atom is -0.231 e. The number of rotatable bonds is 3. The normalized spacial score (nSPS) is 14.9. The van der Waals surface area contributed by atoms with Crippen LogP contribution in [0.3, 0.4) is 0 Å². The fourth-order valence-corrected chi connectivity index (χ4v) is 4.29. The van der Waals surface area contributed by atoms with E-state index in [9.17, 15) is 0 Å². The average Bonchev–Trinajstić information content (AvgIpc) is 3.24. The predicted molar refractivity (Wildman–Crippen MR) is 110 cm³/mol. The summed E-state index contributed by atoms with van der Waals surface area (Å²) in [5.41, 5.74) is 5.29. The molecule has 1 aliphatic carbocycles. The van der Waals surface area contributed by atoms with Crippen molar-refractivity contribution in [1.29, 1.82) is 0 Å². The summed E-state index contributed by atoms with van der Waals surface area (Å²) in [6.07, 6.45) is 5.72. The Morgan fingerprint density at radius 1 is 1.00 bits per heavy atom. The van der Waals surface area contributed by atoms with E-state index in [2.05, 4.69) is 13.3 Å². The summed E-state index contributed by atoms with van der Waals surface area (Å²) in [6.45, 7) is 2.14. The molecule has 1 heterocycles. The highest BCUT2D eigenvalue weighted by Gasteiger charge is 2.26. The standard InChI is InChI=1S/C21H18Cl3N2/c1-13-20(14-4-2-3-5-14)25-26(19-11-10-17(23)12-18(19)24)21(13)15-6-8-16(22)9-7-15/h2,6-12,14H,3-5H2,1H3. The van der Waals surface area contributed by atoms with Crippen molar-refractivity contribution in [2.45, 2.75) is 32.1 Å². The number of aromatic nitrogens is 2. The van der Waals surface area contributed by atoms with Crippen molar-refractivity contribution < 1.29 is 0 Å². The van der Waals surface area contributed by atoms with Crippen molar-refractivity contribution in [3.63, 3.8) is 0 Å². The van der Waals surface area contributed by atoms with Crippen LogP contribution >= 0.6 is 34.8 Å². The zero-order chi connectivity index (χ0) is 18.3. The van der Waals surface area contributed by atoms with Gasteiger partial charge in [0.25, 0.3) is 0 Å².